The zero-order chi connectivity index (χ0) is 14.5. The SMILES string of the molecule is C/C=C(\C=C/C(C)O)C(C)(C)C1C=CC(OC)=CC1. The van der Waals surface area contributed by atoms with Crippen molar-refractivity contribution in [2.45, 2.75) is 40.2 Å². The summed E-state index contributed by atoms with van der Waals surface area (Å²) < 4.78 is 5.23. The molecular formula is C17H26O2. The molecule has 0 saturated heterocycles. The number of aliphatic hydroxyl groups excluding tert-OH is 1. The lowest BCUT2D eigenvalue weighted by Crippen LogP contribution is -2.25. The van der Waals surface area contributed by atoms with Crippen LogP contribution in [0.15, 0.2) is 47.8 Å². The highest BCUT2D eigenvalue weighted by Gasteiger charge is 2.30. The van der Waals surface area contributed by atoms with Crippen molar-refractivity contribution in [2.75, 3.05) is 7.11 Å². The van der Waals surface area contributed by atoms with Gasteiger partial charge in [-0.2, -0.15) is 0 Å². The summed E-state index contributed by atoms with van der Waals surface area (Å²) in [6.45, 7) is 8.31. The molecule has 0 fully saturated rings. The maximum Gasteiger partial charge on any atom is 0.114 e. The highest BCUT2D eigenvalue weighted by atomic mass is 16.5. The van der Waals surface area contributed by atoms with Gasteiger partial charge in [0.15, 0.2) is 0 Å². The average molecular weight is 262 g/mol. The highest BCUT2D eigenvalue weighted by Crippen LogP contribution is 2.40. The third-order valence-electron chi connectivity index (χ3n) is 3.84. The summed E-state index contributed by atoms with van der Waals surface area (Å²) >= 11 is 0. The third kappa shape index (κ3) is 4.10. The normalized spacial score (nSPS) is 22.5. The first kappa shape index (κ1) is 15.8. The predicted octanol–water partition coefficient (Wildman–Crippen LogP) is 4.00. The van der Waals surface area contributed by atoms with E-state index in [2.05, 4.69) is 32.1 Å². The van der Waals surface area contributed by atoms with Gasteiger partial charge in [0, 0.05) is 0 Å². The van der Waals surface area contributed by atoms with E-state index >= 15 is 0 Å². The van der Waals surface area contributed by atoms with Crippen LogP contribution in [0.2, 0.25) is 0 Å². The summed E-state index contributed by atoms with van der Waals surface area (Å²) in [4.78, 5) is 0. The van der Waals surface area contributed by atoms with E-state index in [0.717, 1.165) is 12.2 Å². The molecule has 1 rings (SSSR count). The summed E-state index contributed by atoms with van der Waals surface area (Å²) in [5.41, 5.74) is 1.28. The van der Waals surface area contributed by atoms with Crippen LogP contribution in [-0.2, 0) is 4.74 Å². The average Bonchev–Trinajstić information content (AvgIpc) is 2.39. The van der Waals surface area contributed by atoms with Crippen molar-refractivity contribution >= 4 is 0 Å². The molecule has 2 atom stereocenters. The van der Waals surface area contributed by atoms with Crippen molar-refractivity contribution < 1.29 is 9.84 Å². The van der Waals surface area contributed by atoms with Gasteiger partial charge in [-0.25, -0.2) is 0 Å². The molecule has 2 heteroatoms. The first-order valence-corrected chi connectivity index (χ1v) is 6.87. The number of rotatable bonds is 5. The van der Waals surface area contributed by atoms with Crippen LogP contribution in [0.5, 0.6) is 0 Å². The van der Waals surface area contributed by atoms with Crippen molar-refractivity contribution in [1.82, 2.24) is 0 Å². The molecule has 0 bridgehead atoms. The smallest absolute Gasteiger partial charge is 0.114 e. The van der Waals surface area contributed by atoms with E-state index < -0.39 is 6.10 Å². The van der Waals surface area contributed by atoms with E-state index in [0.29, 0.717) is 5.92 Å². The molecule has 1 aliphatic rings. The molecule has 19 heavy (non-hydrogen) atoms. The Kier molecular flexibility index (Phi) is 5.61. The quantitative estimate of drug-likeness (QED) is 0.759. The first-order valence-electron chi connectivity index (χ1n) is 6.87. The van der Waals surface area contributed by atoms with Crippen molar-refractivity contribution in [2.24, 2.45) is 11.3 Å². The Morgan fingerprint density at radius 3 is 2.63 bits per heavy atom. The van der Waals surface area contributed by atoms with Crippen LogP contribution in [0, 0.1) is 11.3 Å². The number of methoxy groups -OCH3 is 1. The fraction of sp³-hybridized carbons (Fsp3) is 0.529. The standard InChI is InChI=1S/C17H26O2/c1-6-14(8-7-13(2)18)17(3,4)15-9-11-16(19-5)12-10-15/h6-9,11-13,15,18H,10H2,1-5H3/b8-7-,14-6+. The Balaban J connectivity index is 2.86. The van der Waals surface area contributed by atoms with E-state index in [4.69, 9.17) is 4.74 Å². The Hall–Kier alpha value is -1.28. The molecule has 0 aromatic heterocycles. The lowest BCUT2D eigenvalue weighted by molar-refractivity contribution is 0.243. The van der Waals surface area contributed by atoms with Gasteiger partial charge in [0.2, 0.25) is 0 Å². The van der Waals surface area contributed by atoms with Crippen LogP contribution < -0.4 is 0 Å². The molecule has 0 saturated carbocycles. The molecule has 106 valence electrons. The van der Waals surface area contributed by atoms with Crippen LogP contribution >= 0.6 is 0 Å². The lowest BCUT2D eigenvalue weighted by Gasteiger charge is -2.35. The second kappa shape index (κ2) is 6.76. The molecular weight excluding hydrogens is 236 g/mol. The zero-order valence-electron chi connectivity index (χ0n) is 12.7. The van der Waals surface area contributed by atoms with Crippen molar-refractivity contribution in [3.8, 4) is 0 Å². The molecule has 0 aliphatic heterocycles. The van der Waals surface area contributed by atoms with Crippen molar-refractivity contribution in [1.29, 1.82) is 0 Å². The van der Waals surface area contributed by atoms with E-state index in [9.17, 15) is 5.11 Å². The topological polar surface area (TPSA) is 29.5 Å². The third-order valence-corrected chi connectivity index (χ3v) is 3.84. The van der Waals surface area contributed by atoms with Crippen molar-refractivity contribution in [3.63, 3.8) is 0 Å². The minimum Gasteiger partial charge on any atom is -0.497 e. The molecule has 2 nitrogen and oxygen atoms in total. The largest absolute Gasteiger partial charge is 0.497 e. The molecule has 0 spiro atoms. The number of allylic oxidation sites excluding steroid dienone is 6. The van der Waals surface area contributed by atoms with Crippen LogP contribution in [0.1, 0.15) is 34.1 Å². The Morgan fingerprint density at radius 1 is 1.53 bits per heavy atom. The minimum absolute atomic E-state index is 0.0341. The van der Waals surface area contributed by atoms with Crippen molar-refractivity contribution in [3.05, 3.63) is 47.8 Å². The second-order valence-electron chi connectivity index (χ2n) is 5.58. The minimum atomic E-state index is -0.410. The molecule has 0 radical (unpaired) electrons. The summed E-state index contributed by atoms with van der Waals surface area (Å²) in [6.07, 6.45) is 13.0. The first-order chi connectivity index (χ1) is 8.91. The van der Waals surface area contributed by atoms with E-state index in [1.54, 1.807) is 14.0 Å². The molecule has 1 aliphatic carbocycles. The summed E-state index contributed by atoms with van der Waals surface area (Å²) in [5.74, 6) is 1.38. The molecule has 0 aromatic rings. The number of aliphatic hydroxyl groups is 1. The number of hydrogen-bond donors (Lipinski definition) is 1. The van der Waals surface area contributed by atoms with E-state index in [1.807, 2.05) is 25.2 Å². The molecule has 2 unspecified atom stereocenters. The molecule has 0 heterocycles. The van der Waals surface area contributed by atoms with Gasteiger partial charge in [0.05, 0.1) is 13.2 Å². The van der Waals surface area contributed by atoms with E-state index in [1.165, 1.54) is 5.57 Å². The van der Waals surface area contributed by atoms with Crippen LogP contribution in [0.4, 0.5) is 0 Å². The predicted molar refractivity (Wildman–Crippen MR) is 80.7 cm³/mol. The van der Waals surface area contributed by atoms with Gasteiger partial charge < -0.3 is 9.84 Å². The summed E-state index contributed by atoms with van der Waals surface area (Å²) in [5, 5.41) is 9.39. The molecule has 0 amide bonds. The monoisotopic (exact) mass is 262 g/mol. The molecule has 0 aromatic carbocycles. The lowest BCUT2D eigenvalue weighted by atomic mass is 9.70. The maximum atomic E-state index is 9.39. The van der Waals surface area contributed by atoms with Gasteiger partial charge in [-0.3, -0.25) is 0 Å². The van der Waals surface area contributed by atoms with Gasteiger partial charge in [-0.05, 0) is 49.3 Å². The van der Waals surface area contributed by atoms with Crippen LogP contribution in [0.3, 0.4) is 0 Å². The van der Waals surface area contributed by atoms with Gasteiger partial charge in [-0.15, -0.1) is 0 Å². The Morgan fingerprint density at radius 2 is 2.21 bits per heavy atom. The highest BCUT2D eigenvalue weighted by molar-refractivity contribution is 5.30. The van der Waals surface area contributed by atoms with Gasteiger partial charge in [0.1, 0.15) is 5.76 Å². The second-order valence-corrected chi connectivity index (χ2v) is 5.58. The van der Waals surface area contributed by atoms with Crippen LogP contribution in [-0.4, -0.2) is 18.3 Å². The Labute approximate surface area is 117 Å². The fourth-order valence-corrected chi connectivity index (χ4v) is 2.43. The number of hydrogen-bond acceptors (Lipinski definition) is 2. The molecule has 1 N–H and O–H groups in total. The van der Waals surface area contributed by atoms with Gasteiger partial charge in [0.25, 0.3) is 0 Å². The van der Waals surface area contributed by atoms with Gasteiger partial charge in [-0.1, -0.05) is 38.2 Å². The van der Waals surface area contributed by atoms with Gasteiger partial charge >= 0.3 is 0 Å². The summed E-state index contributed by atoms with van der Waals surface area (Å²) in [6, 6.07) is 0. The summed E-state index contributed by atoms with van der Waals surface area (Å²) in [7, 11) is 1.70. The maximum absolute atomic E-state index is 9.39. The number of ether oxygens (including phenoxy) is 1. The Bertz CT molecular complexity index is 409. The fourth-order valence-electron chi connectivity index (χ4n) is 2.43. The van der Waals surface area contributed by atoms with Crippen LogP contribution in [0.25, 0.3) is 0 Å². The van der Waals surface area contributed by atoms with E-state index in [-0.39, 0.29) is 5.41 Å². The zero-order valence-corrected chi connectivity index (χ0v) is 12.7.